The molecule has 0 radical (unpaired) electrons. The van der Waals surface area contributed by atoms with E-state index in [9.17, 15) is 8.42 Å². The molecule has 0 unspecified atom stereocenters. The van der Waals surface area contributed by atoms with Crippen molar-refractivity contribution in [3.63, 3.8) is 0 Å². The predicted molar refractivity (Wildman–Crippen MR) is 125 cm³/mol. The van der Waals surface area contributed by atoms with Crippen molar-refractivity contribution in [2.45, 2.75) is 83.8 Å². The number of guanidine groups is 1. The molecule has 4 rings (SSSR count). The second kappa shape index (κ2) is 8.03. The molecule has 0 bridgehead atoms. The zero-order valence-corrected chi connectivity index (χ0v) is 20.4. The smallest absolute Gasteiger partial charge is 0.264 e. The lowest BCUT2D eigenvalue weighted by Gasteiger charge is -2.35. The molecule has 1 fully saturated rings. The van der Waals surface area contributed by atoms with E-state index in [-0.39, 0.29) is 22.5 Å². The second-order valence-electron chi connectivity index (χ2n) is 9.33. The van der Waals surface area contributed by atoms with E-state index in [0.29, 0.717) is 11.5 Å². The molecular weight excluding hydrogens is 426 g/mol. The Hall–Kier alpha value is -2.68. The van der Waals surface area contributed by atoms with Gasteiger partial charge in [0.15, 0.2) is 0 Å². The molecule has 1 aliphatic carbocycles. The van der Waals surface area contributed by atoms with Gasteiger partial charge in [-0.25, -0.2) is 28.1 Å². The fourth-order valence-corrected chi connectivity index (χ4v) is 5.56. The van der Waals surface area contributed by atoms with E-state index in [1.54, 1.807) is 12.3 Å². The summed E-state index contributed by atoms with van der Waals surface area (Å²) in [7, 11) is -3.91. The number of aromatic nitrogens is 2. The first kappa shape index (κ1) is 22.5. The molecule has 0 amide bonds. The summed E-state index contributed by atoms with van der Waals surface area (Å²) in [5.41, 5.74) is 3.73. The summed E-state index contributed by atoms with van der Waals surface area (Å²) in [6, 6.07) is 1.88. The highest BCUT2D eigenvalue weighted by Gasteiger charge is 2.34. The highest BCUT2D eigenvalue weighted by atomic mass is 32.2. The topological polar surface area (TPSA) is 106 Å². The third-order valence-corrected chi connectivity index (χ3v) is 7.66. The van der Waals surface area contributed by atoms with Crippen LogP contribution in [0.2, 0.25) is 0 Å². The summed E-state index contributed by atoms with van der Waals surface area (Å²) in [5, 5.41) is 2.96. The lowest BCUT2D eigenvalue weighted by Crippen LogP contribution is -2.38. The molecule has 0 atom stereocenters. The fourth-order valence-electron chi connectivity index (χ4n) is 4.01. The van der Waals surface area contributed by atoms with Crippen molar-refractivity contribution in [3.8, 4) is 5.75 Å². The van der Waals surface area contributed by atoms with Gasteiger partial charge in [-0.05, 0) is 95.5 Å². The average molecular weight is 458 g/mol. The van der Waals surface area contributed by atoms with Crippen molar-refractivity contribution in [2.75, 3.05) is 5.32 Å². The summed E-state index contributed by atoms with van der Waals surface area (Å²) in [5.74, 6) is 1.26. The number of hydrogen-bond donors (Lipinski definition) is 2. The van der Waals surface area contributed by atoms with Crippen LogP contribution in [0.3, 0.4) is 0 Å². The Morgan fingerprint density at radius 2 is 1.88 bits per heavy atom. The zero-order valence-electron chi connectivity index (χ0n) is 19.5. The van der Waals surface area contributed by atoms with Gasteiger partial charge in [0.1, 0.15) is 11.4 Å². The van der Waals surface area contributed by atoms with E-state index in [1.807, 2.05) is 27.7 Å². The van der Waals surface area contributed by atoms with Crippen molar-refractivity contribution in [1.29, 1.82) is 0 Å². The van der Waals surface area contributed by atoms with Crippen LogP contribution in [0.15, 0.2) is 22.2 Å². The SMILES string of the molecule is Cc1ccnc(NC(=NC2CC2)NS(=O)(=O)c2c(C)c(C)c3c(c2C)CCC(C)(C)O3)n1. The number of anilines is 1. The van der Waals surface area contributed by atoms with E-state index in [0.717, 1.165) is 53.8 Å². The van der Waals surface area contributed by atoms with Crippen molar-refractivity contribution in [1.82, 2.24) is 14.7 Å². The average Bonchev–Trinajstić information content (AvgIpc) is 3.49. The lowest BCUT2D eigenvalue weighted by atomic mass is 9.88. The standard InChI is InChI=1S/C23H31N5O3S/c1-13-10-12-24-21(25-13)27-22(26-17-7-8-17)28-32(29,30)20-15(3)14(2)19-18(16(20)4)9-11-23(5,6)31-19/h10,12,17H,7-9,11H2,1-6H3,(H2,24,25,26,27,28). The number of hydrogen-bond acceptors (Lipinski definition) is 6. The van der Waals surface area contributed by atoms with E-state index >= 15 is 0 Å². The maximum absolute atomic E-state index is 13.6. The first-order chi connectivity index (χ1) is 15.0. The van der Waals surface area contributed by atoms with Gasteiger partial charge in [-0.1, -0.05) is 0 Å². The second-order valence-corrected chi connectivity index (χ2v) is 11.0. The van der Waals surface area contributed by atoms with Crippen molar-refractivity contribution >= 4 is 21.9 Å². The van der Waals surface area contributed by atoms with Crippen LogP contribution in [-0.2, 0) is 16.4 Å². The summed E-state index contributed by atoms with van der Waals surface area (Å²) in [6.07, 6.45) is 5.10. The zero-order chi connectivity index (χ0) is 23.3. The molecule has 9 heteroatoms. The molecule has 0 saturated heterocycles. The molecule has 8 nitrogen and oxygen atoms in total. The minimum absolute atomic E-state index is 0.105. The number of rotatable bonds is 4. The normalized spacial score (nSPS) is 18.0. The van der Waals surface area contributed by atoms with E-state index in [4.69, 9.17) is 4.74 Å². The van der Waals surface area contributed by atoms with E-state index in [1.165, 1.54) is 0 Å². The first-order valence-corrected chi connectivity index (χ1v) is 12.4. The Morgan fingerprint density at radius 1 is 1.16 bits per heavy atom. The molecule has 32 heavy (non-hydrogen) atoms. The summed E-state index contributed by atoms with van der Waals surface area (Å²) in [6.45, 7) is 11.6. The Morgan fingerprint density at radius 3 is 2.53 bits per heavy atom. The summed E-state index contributed by atoms with van der Waals surface area (Å²) >= 11 is 0. The highest BCUT2D eigenvalue weighted by Crippen LogP contribution is 2.42. The number of ether oxygens (including phenoxy) is 1. The number of nitrogens with zero attached hydrogens (tertiary/aromatic N) is 3. The van der Waals surface area contributed by atoms with Crippen LogP contribution >= 0.6 is 0 Å². The molecule has 2 aliphatic rings. The molecule has 0 spiro atoms. The predicted octanol–water partition coefficient (Wildman–Crippen LogP) is 3.72. The van der Waals surface area contributed by atoms with Crippen molar-refractivity contribution < 1.29 is 13.2 Å². The third kappa shape index (κ3) is 4.57. The van der Waals surface area contributed by atoms with Gasteiger partial charge >= 0.3 is 0 Å². The Bertz CT molecular complexity index is 1200. The Kier molecular flexibility index (Phi) is 5.65. The van der Waals surface area contributed by atoms with Crippen LogP contribution in [0.25, 0.3) is 0 Å². The van der Waals surface area contributed by atoms with Crippen LogP contribution in [-0.4, -0.2) is 36.0 Å². The molecule has 2 N–H and O–H groups in total. The molecule has 2 aromatic rings. The molecule has 1 aromatic carbocycles. The highest BCUT2D eigenvalue weighted by molar-refractivity contribution is 7.90. The first-order valence-electron chi connectivity index (χ1n) is 11.0. The molecule has 172 valence electrons. The number of aliphatic imine (C=N–C) groups is 1. The number of nitrogens with one attached hydrogen (secondary N) is 2. The summed E-state index contributed by atoms with van der Waals surface area (Å²) < 4.78 is 36.1. The maximum Gasteiger partial charge on any atom is 0.264 e. The van der Waals surface area contributed by atoms with Gasteiger partial charge in [0.05, 0.1) is 10.9 Å². The van der Waals surface area contributed by atoms with E-state index < -0.39 is 10.0 Å². The minimum atomic E-state index is -3.91. The Labute approximate surface area is 190 Å². The number of sulfonamides is 1. The third-order valence-electron chi connectivity index (χ3n) is 6.05. The van der Waals surface area contributed by atoms with Crippen LogP contribution in [0.4, 0.5) is 5.95 Å². The Balaban J connectivity index is 1.71. The van der Waals surface area contributed by atoms with Gasteiger partial charge < -0.3 is 4.74 Å². The molecule has 1 aromatic heterocycles. The minimum Gasteiger partial charge on any atom is -0.487 e. The van der Waals surface area contributed by atoms with Crippen molar-refractivity contribution in [3.05, 3.63) is 40.2 Å². The number of fused-ring (bicyclic) bond motifs is 1. The van der Waals surface area contributed by atoms with Crippen LogP contribution in [0.1, 0.15) is 61.1 Å². The number of benzene rings is 1. The fraction of sp³-hybridized carbons (Fsp3) is 0.522. The molecule has 1 saturated carbocycles. The van der Waals surface area contributed by atoms with Gasteiger partial charge in [0.25, 0.3) is 10.0 Å². The van der Waals surface area contributed by atoms with Gasteiger partial charge in [0.2, 0.25) is 11.9 Å². The van der Waals surface area contributed by atoms with Gasteiger partial charge in [-0.2, -0.15) is 0 Å². The van der Waals surface area contributed by atoms with E-state index in [2.05, 4.69) is 38.8 Å². The largest absolute Gasteiger partial charge is 0.487 e. The number of aryl methyl sites for hydroxylation is 1. The van der Waals surface area contributed by atoms with Crippen LogP contribution < -0.4 is 14.8 Å². The van der Waals surface area contributed by atoms with Crippen molar-refractivity contribution in [2.24, 2.45) is 4.99 Å². The van der Waals surface area contributed by atoms with Gasteiger partial charge in [-0.3, -0.25) is 5.32 Å². The van der Waals surface area contributed by atoms with Gasteiger partial charge in [0, 0.05) is 11.9 Å². The monoisotopic (exact) mass is 457 g/mol. The van der Waals surface area contributed by atoms with Gasteiger partial charge in [-0.15, -0.1) is 0 Å². The van der Waals surface area contributed by atoms with Crippen LogP contribution in [0.5, 0.6) is 5.75 Å². The molecule has 2 heterocycles. The lowest BCUT2D eigenvalue weighted by molar-refractivity contribution is 0.0832. The summed E-state index contributed by atoms with van der Waals surface area (Å²) in [4.78, 5) is 13.3. The maximum atomic E-state index is 13.6. The van der Waals surface area contributed by atoms with Crippen LogP contribution in [0, 0.1) is 27.7 Å². The quantitative estimate of drug-likeness (QED) is 0.535. The molecular formula is C23H31N5O3S. The molecule has 1 aliphatic heterocycles.